The van der Waals surface area contributed by atoms with E-state index in [4.69, 9.17) is 0 Å². The molecule has 1 aromatic carbocycles. The average molecular weight is 413 g/mol. The van der Waals surface area contributed by atoms with E-state index in [1.807, 2.05) is 27.7 Å². The number of nitrogens with zero attached hydrogens (tertiary/aromatic N) is 3. The van der Waals surface area contributed by atoms with Crippen molar-refractivity contribution >= 4 is 39.9 Å². The third-order valence-electron chi connectivity index (χ3n) is 5.53. The minimum Gasteiger partial charge on any atom is -0.307 e. The molecule has 1 saturated heterocycles. The number of aromatic nitrogens is 1. The molecule has 29 heavy (non-hydrogen) atoms. The van der Waals surface area contributed by atoms with Crippen LogP contribution >= 0.6 is 11.3 Å². The van der Waals surface area contributed by atoms with E-state index in [1.54, 1.807) is 29.2 Å². The molecule has 8 heteroatoms. The van der Waals surface area contributed by atoms with E-state index >= 15 is 0 Å². The van der Waals surface area contributed by atoms with E-state index in [0.717, 1.165) is 10.6 Å². The van der Waals surface area contributed by atoms with Crippen molar-refractivity contribution in [2.45, 2.75) is 46.2 Å². The number of hydrogen-bond acceptors (Lipinski definition) is 5. The normalized spacial score (nSPS) is 20.9. The molecule has 7 nitrogen and oxygen atoms in total. The number of para-hydroxylation sites is 1. The van der Waals surface area contributed by atoms with Crippen LogP contribution in [0.25, 0.3) is 0 Å². The molecule has 0 radical (unpaired) electrons. The molecule has 1 atom stereocenters. The molecule has 2 aromatic rings. The summed E-state index contributed by atoms with van der Waals surface area (Å²) in [6.07, 6.45) is 0.466. The number of fused-ring (bicyclic) bond motifs is 3. The Morgan fingerprint density at radius 1 is 1.28 bits per heavy atom. The van der Waals surface area contributed by atoms with Gasteiger partial charge in [0.1, 0.15) is 0 Å². The number of nitrogens with one attached hydrogen (secondary N) is 1. The molecule has 3 heterocycles. The number of amides is 3. The number of anilines is 2. The van der Waals surface area contributed by atoms with Crippen LogP contribution in [0.2, 0.25) is 0 Å². The van der Waals surface area contributed by atoms with Crippen LogP contribution in [0.5, 0.6) is 0 Å². The Labute approximate surface area is 173 Å². The molecule has 3 amide bonds. The fourth-order valence-corrected chi connectivity index (χ4v) is 4.93. The molecule has 152 valence electrons. The summed E-state index contributed by atoms with van der Waals surface area (Å²) in [5.41, 5.74) is 0.431. The van der Waals surface area contributed by atoms with Crippen LogP contribution in [0.15, 0.2) is 24.3 Å². The van der Waals surface area contributed by atoms with Gasteiger partial charge >= 0.3 is 0 Å². The van der Waals surface area contributed by atoms with E-state index in [9.17, 15) is 14.4 Å². The van der Waals surface area contributed by atoms with Gasteiger partial charge in [0, 0.05) is 24.3 Å². The first-order valence-corrected chi connectivity index (χ1v) is 10.6. The number of benzene rings is 1. The largest absolute Gasteiger partial charge is 0.307 e. The first-order valence-electron chi connectivity index (χ1n) is 9.75. The molecular weight excluding hydrogens is 388 g/mol. The molecule has 1 N–H and O–H groups in total. The summed E-state index contributed by atoms with van der Waals surface area (Å²) >= 11 is 1.39. The first kappa shape index (κ1) is 19.6. The summed E-state index contributed by atoms with van der Waals surface area (Å²) in [4.78, 5) is 48.5. The number of hydrogen-bond donors (Lipinski definition) is 1. The second-order valence-corrected chi connectivity index (χ2v) is 9.19. The molecule has 0 bridgehead atoms. The molecule has 0 saturated carbocycles. The fourth-order valence-electron chi connectivity index (χ4n) is 4.12. The fraction of sp³-hybridized carbons (Fsp3) is 0.429. The average Bonchev–Trinajstić information content (AvgIpc) is 3.18. The highest BCUT2D eigenvalue weighted by molar-refractivity contribution is 7.15. The van der Waals surface area contributed by atoms with Crippen molar-refractivity contribution < 1.29 is 14.4 Å². The number of thiazole rings is 1. The quantitative estimate of drug-likeness (QED) is 0.835. The van der Waals surface area contributed by atoms with Crippen molar-refractivity contribution in [1.29, 1.82) is 0 Å². The van der Waals surface area contributed by atoms with Gasteiger partial charge in [-0.3, -0.25) is 24.6 Å². The molecule has 0 aliphatic carbocycles. The number of carbonyl (C=O) groups excluding carboxylic acids is 3. The van der Waals surface area contributed by atoms with Crippen molar-refractivity contribution in [3.63, 3.8) is 0 Å². The standard InChI is InChI=1S/C21H24N4O3S/c1-12(2)11-24-18(27)15-7-5-6-8-16(15)25-17(26)9-10-21(24,25)19(28)23-20-22-13(3)14(4)29-20/h5-8,12H,9-11H2,1-4H3,(H,22,23,28)/t21-/m0/s1. The zero-order valence-corrected chi connectivity index (χ0v) is 17.8. The van der Waals surface area contributed by atoms with E-state index in [0.29, 0.717) is 22.9 Å². The summed E-state index contributed by atoms with van der Waals surface area (Å²) in [6, 6.07) is 7.01. The minimum absolute atomic E-state index is 0.135. The van der Waals surface area contributed by atoms with Crippen LogP contribution in [0, 0.1) is 19.8 Å². The molecule has 1 fully saturated rings. The highest BCUT2D eigenvalue weighted by Crippen LogP contribution is 2.45. The Balaban J connectivity index is 1.85. The van der Waals surface area contributed by atoms with E-state index in [1.165, 1.54) is 16.2 Å². The van der Waals surface area contributed by atoms with Gasteiger partial charge in [0.2, 0.25) is 11.6 Å². The zero-order valence-electron chi connectivity index (χ0n) is 17.0. The monoisotopic (exact) mass is 412 g/mol. The summed E-state index contributed by atoms with van der Waals surface area (Å²) < 4.78 is 0. The second kappa shape index (κ2) is 6.95. The lowest BCUT2D eigenvalue weighted by molar-refractivity contribution is -0.129. The summed E-state index contributed by atoms with van der Waals surface area (Å²) in [6.45, 7) is 8.19. The van der Waals surface area contributed by atoms with Gasteiger partial charge in [-0.1, -0.05) is 26.0 Å². The minimum atomic E-state index is -1.37. The summed E-state index contributed by atoms with van der Waals surface area (Å²) in [5.74, 6) is -0.626. The first-order chi connectivity index (χ1) is 13.8. The third-order valence-corrected chi connectivity index (χ3v) is 6.52. The van der Waals surface area contributed by atoms with Gasteiger partial charge in [0.15, 0.2) is 5.13 Å². The van der Waals surface area contributed by atoms with Crippen molar-refractivity contribution in [3.05, 3.63) is 40.4 Å². The predicted molar refractivity (Wildman–Crippen MR) is 112 cm³/mol. The molecule has 1 aromatic heterocycles. The summed E-state index contributed by atoms with van der Waals surface area (Å²) in [7, 11) is 0. The highest BCUT2D eigenvalue weighted by Gasteiger charge is 2.60. The smallest absolute Gasteiger partial charge is 0.273 e. The maximum absolute atomic E-state index is 13.7. The Kier molecular flexibility index (Phi) is 4.69. The van der Waals surface area contributed by atoms with Crippen LogP contribution in [-0.4, -0.2) is 39.8 Å². The highest BCUT2D eigenvalue weighted by atomic mass is 32.1. The number of rotatable bonds is 4. The lowest BCUT2D eigenvalue weighted by Crippen LogP contribution is -2.69. The van der Waals surface area contributed by atoms with E-state index in [2.05, 4.69) is 10.3 Å². The van der Waals surface area contributed by atoms with Crippen molar-refractivity contribution in [2.24, 2.45) is 5.92 Å². The molecule has 0 spiro atoms. The SMILES string of the molecule is Cc1nc(NC(=O)[C@]23CCC(=O)N2c2ccccc2C(=O)N3CC(C)C)sc1C. The van der Waals surface area contributed by atoms with Gasteiger partial charge in [-0.25, -0.2) is 4.98 Å². The molecule has 2 aliphatic heterocycles. The summed E-state index contributed by atoms with van der Waals surface area (Å²) in [5, 5.41) is 3.37. The second-order valence-electron chi connectivity index (χ2n) is 7.99. The van der Waals surface area contributed by atoms with Crippen LogP contribution < -0.4 is 10.2 Å². The van der Waals surface area contributed by atoms with Gasteiger partial charge in [-0.15, -0.1) is 11.3 Å². The van der Waals surface area contributed by atoms with Gasteiger partial charge in [0.25, 0.3) is 11.8 Å². The number of carbonyl (C=O) groups is 3. The van der Waals surface area contributed by atoms with Crippen LogP contribution in [-0.2, 0) is 9.59 Å². The topological polar surface area (TPSA) is 82.6 Å². The Hall–Kier alpha value is -2.74. The van der Waals surface area contributed by atoms with Crippen molar-refractivity contribution in [1.82, 2.24) is 9.88 Å². The predicted octanol–water partition coefficient (Wildman–Crippen LogP) is 3.33. The lowest BCUT2D eigenvalue weighted by atomic mass is 9.94. The molecule has 0 unspecified atom stereocenters. The lowest BCUT2D eigenvalue weighted by Gasteiger charge is -2.49. The van der Waals surface area contributed by atoms with Crippen LogP contribution in [0.3, 0.4) is 0 Å². The molecular formula is C21H24N4O3S. The van der Waals surface area contributed by atoms with Gasteiger partial charge in [-0.2, -0.15) is 0 Å². The van der Waals surface area contributed by atoms with Gasteiger partial charge < -0.3 is 4.90 Å². The van der Waals surface area contributed by atoms with Gasteiger partial charge in [-0.05, 0) is 31.9 Å². The zero-order chi connectivity index (χ0) is 20.9. The van der Waals surface area contributed by atoms with Crippen LogP contribution in [0.4, 0.5) is 10.8 Å². The maximum Gasteiger partial charge on any atom is 0.273 e. The van der Waals surface area contributed by atoms with Crippen molar-refractivity contribution in [3.8, 4) is 0 Å². The van der Waals surface area contributed by atoms with E-state index in [-0.39, 0.29) is 36.5 Å². The molecule has 4 rings (SSSR count). The Morgan fingerprint density at radius 3 is 2.66 bits per heavy atom. The van der Waals surface area contributed by atoms with Crippen molar-refractivity contribution in [2.75, 3.05) is 16.8 Å². The van der Waals surface area contributed by atoms with Crippen LogP contribution in [0.1, 0.15) is 47.6 Å². The Bertz CT molecular complexity index is 996. The third kappa shape index (κ3) is 2.93. The molecule has 2 aliphatic rings. The Morgan fingerprint density at radius 2 is 2.00 bits per heavy atom. The van der Waals surface area contributed by atoms with E-state index < -0.39 is 5.66 Å². The van der Waals surface area contributed by atoms with Gasteiger partial charge in [0.05, 0.1) is 16.9 Å². The number of aryl methyl sites for hydroxylation is 2. The maximum atomic E-state index is 13.7.